The summed E-state index contributed by atoms with van der Waals surface area (Å²) in [6.45, 7) is 5.83. The molecule has 11 heteroatoms. The molecule has 7 aliphatic rings. The SMILES string of the molecule is CC(=O)O[C@H]1C[C@@]23COC(=O)[C@H]4O[C@@]45CCOC(=CC/C=C\C(=O)O[C@@H]4CC(OC2C=C1C)C1(CO1)[C@]43C)C5O. The minimum Gasteiger partial charge on any atom is -0.495 e. The lowest BCUT2D eigenvalue weighted by Crippen LogP contribution is -2.68. The van der Waals surface area contributed by atoms with Crippen LogP contribution in [0.4, 0.5) is 0 Å². The van der Waals surface area contributed by atoms with Crippen molar-refractivity contribution in [1.82, 2.24) is 0 Å². The van der Waals surface area contributed by atoms with E-state index >= 15 is 0 Å². The number of esters is 3. The van der Waals surface area contributed by atoms with Crippen molar-refractivity contribution in [2.24, 2.45) is 10.8 Å². The van der Waals surface area contributed by atoms with E-state index in [2.05, 4.69) is 0 Å². The highest BCUT2D eigenvalue weighted by molar-refractivity contribution is 5.82. The van der Waals surface area contributed by atoms with E-state index in [0.29, 0.717) is 31.6 Å². The van der Waals surface area contributed by atoms with Crippen LogP contribution in [0.1, 0.15) is 46.5 Å². The number of ether oxygens (including phenoxy) is 7. The number of carbonyl (C=O) groups excluding carboxylic acids is 3. The molecular formula is C29H34O11. The molecule has 4 bridgehead atoms. The van der Waals surface area contributed by atoms with Crippen LogP contribution in [0.3, 0.4) is 0 Å². The van der Waals surface area contributed by atoms with Gasteiger partial charge in [-0.25, -0.2) is 9.59 Å². The van der Waals surface area contributed by atoms with Gasteiger partial charge < -0.3 is 38.3 Å². The van der Waals surface area contributed by atoms with Crippen molar-refractivity contribution in [1.29, 1.82) is 0 Å². The molecule has 2 aliphatic carbocycles. The number of allylic oxidation sites excluding steroid dienone is 2. The van der Waals surface area contributed by atoms with Crippen LogP contribution in [-0.4, -0.2) is 90.7 Å². The van der Waals surface area contributed by atoms with Crippen LogP contribution in [0.15, 0.2) is 35.6 Å². The Morgan fingerprint density at radius 1 is 1.18 bits per heavy atom. The van der Waals surface area contributed by atoms with Gasteiger partial charge in [-0.2, -0.15) is 0 Å². The van der Waals surface area contributed by atoms with Crippen LogP contribution in [0.25, 0.3) is 0 Å². The fourth-order valence-electron chi connectivity index (χ4n) is 8.05. The van der Waals surface area contributed by atoms with Crippen LogP contribution in [0.5, 0.6) is 0 Å². The first kappa shape index (κ1) is 26.2. The molecule has 3 spiro atoms. The number of aliphatic hydroxyl groups is 1. The van der Waals surface area contributed by atoms with Crippen molar-refractivity contribution in [2.45, 2.75) is 94.3 Å². The summed E-state index contributed by atoms with van der Waals surface area (Å²) in [5.74, 6) is -1.25. The van der Waals surface area contributed by atoms with Crippen molar-refractivity contribution >= 4 is 17.9 Å². The molecule has 0 radical (unpaired) electrons. The topological polar surface area (TPSA) is 143 Å². The van der Waals surface area contributed by atoms with Gasteiger partial charge in [-0.15, -0.1) is 0 Å². The van der Waals surface area contributed by atoms with Gasteiger partial charge in [0.15, 0.2) is 6.10 Å². The standard InChI is InChI=1S/C29H34O11/c1-15-10-20-27(12-18(15)37-16(2)30)13-35-25(33)24-28(40-24)8-9-34-17(23(28)32)6-4-5-7-22(31)39-19-11-21(38-20)29(14-36-29)26(19,27)3/h5-7,10,18-21,23-24,32H,4,8-9,11-14H2,1-3H3/b7-5-,17-6?/t18-,19+,20?,21?,23?,24+,26+,27+,28+,29?/m0/s1. The fourth-order valence-corrected chi connectivity index (χ4v) is 8.05. The second-order valence-corrected chi connectivity index (χ2v) is 12.3. The molecule has 216 valence electrons. The third-order valence-corrected chi connectivity index (χ3v) is 10.5. The Morgan fingerprint density at radius 3 is 2.73 bits per heavy atom. The predicted molar refractivity (Wildman–Crippen MR) is 133 cm³/mol. The number of carbonyl (C=O) groups is 3. The molecule has 0 aromatic carbocycles. The van der Waals surface area contributed by atoms with Gasteiger partial charge in [-0.1, -0.05) is 19.1 Å². The second-order valence-electron chi connectivity index (χ2n) is 12.3. The van der Waals surface area contributed by atoms with Crippen LogP contribution in [-0.2, 0) is 47.5 Å². The lowest BCUT2D eigenvalue weighted by molar-refractivity contribution is -0.240. The van der Waals surface area contributed by atoms with Crippen molar-refractivity contribution in [3.05, 3.63) is 35.6 Å². The fraction of sp³-hybridized carbons (Fsp3) is 0.690. The maximum absolute atomic E-state index is 13.5. The average Bonchev–Trinajstić information content (AvgIpc) is 3.81. The highest BCUT2D eigenvalue weighted by atomic mass is 16.7. The van der Waals surface area contributed by atoms with Gasteiger partial charge in [0.25, 0.3) is 0 Å². The third-order valence-electron chi connectivity index (χ3n) is 10.5. The van der Waals surface area contributed by atoms with Crippen molar-refractivity contribution in [3.8, 4) is 0 Å². The van der Waals surface area contributed by atoms with E-state index in [0.717, 1.165) is 5.57 Å². The summed E-state index contributed by atoms with van der Waals surface area (Å²) in [6, 6.07) is 0. The zero-order valence-corrected chi connectivity index (χ0v) is 22.8. The van der Waals surface area contributed by atoms with Gasteiger partial charge in [-0.05, 0) is 25.0 Å². The van der Waals surface area contributed by atoms with Gasteiger partial charge in [0, 0.05) is 32.3 Å². The zero-order chi connectivity index (χ0) is 28.1. The number of hydrogen-bond donors (Lipinski definition) is 1. The Bertz CT molecular complexity index is 1250. The Morgan fingerprint density at radius 2 is 1.98 bits per heavy atom. The number of cyclic esters (lactones) is 1. The first-order valence-electron chi connectivity index (χ1n) is 13.9. The van der Waals surface area contributed by atoms with E-state index in [1.54, 1.807) is 12.2 Å². The molecular weight excluding hydrogens is 524 g/mol. The summed E-state index contributed by atoms with van der Waals surface area (Å²) in [6.07, 6.45) is 3.84. The Labute approximate surface area is 231 Å². The highest BCUT2D eigenvalue weighted by Crippen LogP contribution is 2.72. The Hall–Kier alpha value is -2.73. The summed E-state index contributed by atoms with van der Waals surface area (Å²) < 4.78 is 42.1. The van der Waals surface area contributed by atoms with Crippen LogP contribution in [0.2, 0.25) is 0 Å². The number of hydrogen-bond acceptors (Lipinski definition) is 11. The first-order valence-corrected chi connectivity index (χ1v) is 13.9. The van der Waals surface area contributed by atoms with E-state index in [-0.39, 0.29) is 25.7 Å². The molecule has 4 saturated heterocycles. The predicted octanol–water partition coefficient (Wildman–Crippen LogP) is 1.42. The molecule has 7 rings (SSSR count). The maximum Gasteiger partial charge on any atom is 0.338 e. The Kier molecular flexibility index (Phi) is 5.66. The average molecular weight is 559 g/mol. The zero-order valence-electron chi connectivity index (χ0n) is 22.8. The van der Waals surface area contributed by atoms with Crippen molar-refractivity contribution in [2.75, 3.05) is 19.8 Å². The molecule has 5 fully saturated rings. The molecule has 1 N–H and O–H groups in total. The van der Waals surface area contributed by atoms with E-state index in [4.69, 9.17) is 33.2 Å². The largest absolute Gasteiger partial charge is 0.495 e. The van der Waals surface area contributed by atoms with E-state index in [1.165, 1.54) is 13.0 Å². The summed E-state index contributed by atoms with van der Waals surface area (Å²) in [7, 11) is 0. The van der Waals surface area contributed by atoms with Crippen molar-refractivity contribution < 1.29 is 52.6 Å². The smallest absolute Gasteiger partial charge is 0.338 e. The Balaban J connectivity index is 1.31. The minimum absolute atomic E-state index is 0.110. The summed E-state index contributed by atoms with van der Waals surface area (Å²) >= 11 is 0. The number of rotatable bonds is 1. The van der Waals surface area contributed by atoms with E-state index in [1.807, 2.05) is 19.9 Å². The molecule has 11 nitrogen and oxygen atoms in total. The lowest BCUT2D eigenvalue weighted by atomic mass is 9.51. The molecule has 10 atom stereocenters. The minimum atomic E-state index is -1.15. The normalized spacial score (nSPS) is 49.7. The van der Waals surface area contributed by atoms with Crippen molar-refractivity contribution in [3.63, 3.8) is 0 Å². The third kappa shape index (κ3) is 3.41. The summed E-state index contributed by atoms with van der Waals surface area (Å²) in [5.41, 5.74) is -2.81. The summed E-state index contributed by atoms with van der Waals surface area (Å²) in [4.78, 5) is 38.6. The second kappa shape index (κ2) is 8.64. The van der Waals surface area contributed by atoms with E-state index < -0.39 is 70.5 Å². The molecule has 40 heavy (non-hydrogen) atoms. The lowest BCUT2D eigenvalue weighted by Gasteiger charge is -2.59. The van der Waals surface area contributed by atoms with Gasteiger partial charge in [-0.3, -0.25) is 4.79 Å². The molecule has 0 aromatic rings. The molecule has 1 saturated carbocycles. The molecule has 5 heterocycles. The highest BCUT2D eigenvalue weighted by Gasteiger charge is 2.83. The van der Waals surface area contributed by atoms with Gasteiger partial charge in [0.1, 0.15) is 41.9 Å². The van der Waals surface area contributed by atoms with Gasteiger partial charge in [0.05, 0.1) is 36.3 Å². The number of fused-ring (bicyclic) bond motifs is 1. The van der Waals surface area contributed by atoms with Crippen LogP contribution in [0, 0.1) is 10.8 Å². The van der Waals surface area contributed by atoms with E-state index in [9.17, 15) is 19.5 Å². The van der Waals surface area contributed by atoms with Crippen LogP contribution < -0.4 is 0 Å². The van der Waals surface area contributed by atoms with Gasteiger partial charge >= 0.3 is 17.9 Å². The molecule has 4 unspecified atom stereocenters. The first-order chi connectivity index (χ1) is 19.1. The molecule has 5 aliphatic heterocycles. The maximum atomic E-state index is 13.5. The monoisotopic (exact) mass is 558 g/mol. The summed E-state index contributed by atoms with van der Waals surface area (Å²) in [5, 5.41) is 11.0. The molecule has 0 aromatic heterocycles. The van der Waals surface area contributed by atoms with Gasteiger partial charge in [0.2, 0.25) is 0 Å². The number of epoxide rings is 2. The quantitative estimate of drug-likeness (QED) is 0.216. The van der Waals surface area contributed by atoms with Crippen LogP contribution >= 0.6 is 0 Å². The number of aliphatic hydroxyl groups excluding tert-OH is 1. The molecule has 0 amide bonds.